The molecule has 63 heavy (non-hydrogen) atoms. The maximum atomic E-state index is 2.49. The molecule has 1 nitrogen and oxygen atoms in total. The Kier molecular flexibility index (Phi) is 8.69. The number of hydrogen-bond donors (Lipinski definition) is 0. The largest absolute Gasteiger partial charge is 0.311 e. The van der Waals surface area contributed by atoms with Gasteiger partial charge in [0, 0.05) is 17.1 Å². The fraction of sp³-hybridized carbons (Fsp3) is 0.0323. The van der Waals surface area contributed by atoms with Crippen LogP contribution in [0.5, 0.6) is 0 Å². The second-order valence-electron chi connectivity index (χ2n) is 16.8. The average molecular weight is 802 g/mol. The van der Waals surface area contributed by atoms with Crippen LogP contribution in [0, 0.1) is 0 Å². The molecule has 0 saturated carbocycles. The number of nitrogens with zero attached hydrogens (tertiary/aromatic N) is 1. The number of para-hydroxylation sites is 1. The number of hydrogen-bond acceptors (Lipinski definition) is 1. The molecule has 0 unspecified atom stereocenters. The topological polar surface area (TPSA) is 3.24 Å². The third-order valence-electron chi connectivity index (χ3n) is 13.6. The lowest BCUT2D eigenvalue weighted by molar-refractivity contribution is 0.624. The lowest BCUT2D eigenvalue weighted by Crippen LogP contribution is -2.44. The van der Waals surface area contributed by atoms with E-state index >= 15 is 0 Å². The van der Waals surface area contributed by atoms with Crippen molar-refractivity contribution in [1.29, 1.82) is 0 Å². The normalized spacial score (nSPS) is 13.7. The first kappa shape index (κ1) is 36.8. The molecule has 1 spiro atoms. The van der Waals surface area contributed by atoms with Crippen molar-refractivity contribution in [1.82, 2.24) is 0 Å². The summed E-state index contributed by atoms with van der Waals surface area (Å²) >= 11 is 0. The van der Waals surface area contributed by atoms with E-state index in [2.05, 4.69) is 266 Å². The number of anilines is 3. The highest BCUT2D eigenvalue weighted by Gasteiger charge is 2.56. The van der Waals surface area contributed by atoms with Crippen LogP contribution >= 0.6 is 0 Å². The lowest BCUT2D eigenvalue weighted by atomic mass is 9.51. The Morgan fingerprint density at radius 3 is 1.10 bits per heavy atom. The quantitative estimate of drug-likeness (QED) is 0.155. The van der Waals surface area contributed by atoms with Crippen molar-refractivity contribution in [2.45, 2.75) is 10.8 Å². The molecule has 0 radical (unpaired) electrons. The minimum Gasteiger partial charge on any atom is -0.311 e. The Bertz CT molecular complexity index is 3160. The van der Waals surface area contributed by atoms with E-state index in [1.54, 1.807) is 0 Å². The first-order chi connectivity index (χ1) is 31.3. The molecule has 0 N–H and O–H groups in total. The zero-order valence-corrected chi connectivity index (χ0v) is 34.8. The predicted molar refractivity (Wildman–Crippen MR) is 261 cm³/mol. The Balaban J connectivity index is 1.03. The van der Waals surface area contributed by atoms with Gasteiger partial charge in [0.25, 0.3) is 0 Å². The molecule has 0 saturated heterocycles. The molecule has 0 fully saturated rings. The maximum Gasteiger partial charge on any atom is 0.0720 e. The Labute approximate surface area is 369 Å². The summed E-state index contributed by atoms with van der Waals surface area (Å²) in [4.78, 5) is 2.34. The Hall–Kier alpha value is -8.00. The summed E-state index contributed by atoms with van der Waals surface area (Å²) < 4.78 is 0. The summed E-state index contributed by atoms with van der Waals surface area (Å²) in [6, 6.07) is 96.4. The van der Waals surface area contributed by atoms with Gasteiger partial charge in [-0.2, -0.15) is 0 Å². The van der Waals surface area contributed by atoms with Crippen molar-refractivity contribution in [2.24, 2.45) is 0 Å². The van der Waals surface area contributed by atoms with Crippen LogP contribution in [0.1, 0.15) is 44.5 Å². The summed E-state index contributed by atoms with van der Waals surface area (Å²) in [6.45, 7) is 0. The molecule has 10 aromatic carbocycles. The highest BCUT2D eigenvalue weighted by molar-refractivity contribution is 5.91. The lowest BCUT2D eigenvalue weighted by Gasteiger charge is -2.50. The summed E-state index contributed by atoms with van der Waals surface area (Å²) in [5, 5.41) is 0. The highest BCUT2D eigenvalue weighted by atomic mass is 15.1. The van der Waals surface area contributed by atoms with Crippen molar-refractivity contribution in [2.75, 3.05) is 4.90 Å². The average Bonchev–Trinajstić information content (AvgIpc) is 3.66. The van der Waals surface area contributed by atoms with Gasteiger partial charge >= 0.3 is 0 Å². The van der Waals surface area contributed by atoms with Gasteiger partial charge in [0.1, 0.15) is 0 Å². The van der Waals surface area contributed by atoms with Gasteiger partial charge in [0.05, 0.1) is 10.8 Å². The molecule has 296 valence electrons. The van der Waals surface area contributed by atoms with E-state index in [0.29, 0.717) is 0 Å². The molecule has 2 aliphatic carbocycles. The summed E-state index contributed by atoms with van der Waals surface area (Å²) in [6.07, 6.45) is 0. The number of rotatable bonds is 7. The van der Waals surface area contributed by atoms with E-state index in [1.165, 1.54) is 77.9 Å². The van der Waals surface area contributed by atoms with E-state index in [1.807, 2.05) is 0 Å². The molecule has 10 aromatic rings. The third-order valence-corrected chi connectivity index (χ3v) is 13.6. The minimum atomic E-state index is -0.544. The summed E-state index contributed by atoms with van der Waals surface area (Å²) in [5.41, 5.74) is 20.1. The predicted octanol–water partition coefficient (Wildman–Crippen LogP) is 15.5. The van der Waals surface area contributed by atoms with Crippen molar-refractivity contribution in [3.63, 3.8) is 0 Å². The van der Waals surface area contributed by atoms with E-state index in [9.17, 15) is 0 Å². The van der Waals surface area contributed by atoms with Crippen LogP contribution in [0.3, 0.4) is 0 Å². The van der Waals surface area contributed by atoms with Gasteiger partial charge in [-0.15, -0.1) is 0 Å². The summed E-state index contributed by atoms with van der Waals surface area (Å²) in [7, 11) is 0. The molecule has 0 aromatic heterocycles. The third kappa shape index (κ3) is 5.56. The second-order valence-corrected chi connectivity index (χ2v) is 16.8. The van der Waals surface area contributed by atoms with Gasteiger partial charge in [-0.25, -0.2) is 0 Å². The number of benzene rings is 10. The Morgan fingerprint density at radius 1 is 0.222 bits per heavy atom. The fourth-order valence-corrected chi connectivity index (χ4v) is 11.0. The van der Waals surface area contributed by atoms with Crippen molar-refractivity contribution in [3.8, 4) is 33.4 Å². The highest BCUT2D eigenvalue weighted by Crippen LogP contribution is 2.64. The molecule has 0 amide bonds. The first-order valence-corrected chi connectivity index (χ1v) is 21.9. The van der Waals surface area contributed by atoms with Crippen LogP contribution in [0.2, 0.25) is 0 Å². The molecular weight excluding hydrogens is 759 g/mol. The smallest absolute Gasteiger partial charge is 0.0720 e. The molecule has 0 aliphatic heterocycles. The van der Waals surface area contributed by atoms with Crippen molar-refractivity contribution < 1.29 is 0 Å². The van der Waals surface area contributed by atoms with Gasteiger partial charge in [-0.3, -0.25) is 0 Å². The monoisotopic (exact) mass is 801 g/mol. The van der Waals surface area contributed by atoms with Gasteiger partial charge < -0.3 is 4.90 Å². The van der Waals surface area contributed by atoms with Crippen LogP contribution in [0.15, 0.2) is 261 Å². The van der Waals surface area contributed by atoms with Gasteiger partial charge in [-0.05, 0) is 120 Å². The fourth-order valence-electron chi connectivity index (χ4n) is 11.0. The van der Waals surface area contributed by atoms with Crippen molar-refractivity contribution in [3.05, 3.63) is 305 Å². The molecule has 1 heteroatoms. The van der Waals surface area contributed by atoms with Crippen LogP contribution in [-0.4, -0.2) is 0 Å². The van der Waals surface area contributed by atoms with Crippen LogP contribution in [0.25, 0.3) is 33.4 Å². The standard InChI is InChI=1S/C62H43N/c1-5-19-44(20-6-1)45-33-38-51(39-34-45)63(50-25-11-4-12-26-50)52-40-35-46(36-41-52)47-37-42-54-53-27-13-14-28-55(53)62(60(54)43-47)58-31-17-15-29-56(58)61(48-21-7-2-8-22-48,49-23-9-3-10-24-49)57-30-16-18-32-59(57)62/h1-43H. The first-order valence-electron chi connectivity index (χ1n) is 21.9. The van der Waals surface area contributed by atoms with E-state index in [0.717, 1.165) is 17.1 Å². The molecule has 0 atom stereocenters. The van der Waals surface area contributed by atoms with Crippen LogP contribution in [-0.2, 0) is 10.8 Å². The minimum absolute atomic E-state index is 0.529. The zero-order chi connectivity index (χ0) is 41.8. The second kappa shape index (κ2) is 14.9. The van der Waals surface area contributed by atoms with Gasteiger partial charge in [-0.1, -0.05) is 218 Å². The van der Waals surface area contributed by atoms with Gasteiger partial charge in [0.15, 0.2) is 0 Å². The SMILES string of the molecule is c1ccc(-c2ccc(N(c3ccccc3)c3ccc(-c4ccc5c(c4)C4(c6ccccc6-5)c5ccccc5C(c5ccccc5)(c5ccccc5)c5ccccc54)cc3)cc2)cc1. The maximum absolute atomic E-state index is 2.49. The van der Waals surface area contributed by atoms with Crippen LogP contribution in [0.4, 0.5) is 17.1 Å². The van der Waals surface area contributed by atoms with E-state index in [-0.39, 0.29) is 0 Å². The van der Waals surface area contributed by atoms with Gasteiger partial charge in [0.2, 0.25) is 0 Å². The van der Waals surface area contributed by atoms with E-state index in [4.69, 9.17) is 0 Å². The van der Waals surface area contributed by atoms with E-state index < -0.39 is 10.8 Å². The van der Waals surface area contributed by atoms with Crippen molar-refractivity contribution >= 4 is 17.1 Å². The molecular formula is C62H43N. The molecule has 2 aliphatic rings. The molecule has 0 bridgehead atoms. The molecule has 0 heterocycles. The summed E-state index contributed by atoms with van der Waals surface area (Å²) in [5.74, 6) is 0. The number of fused-ring (bicyclic) bond motifs is 9. The zero-order valence-electron chi connectivity index (χ0n) is 34.8. The van der Waals surface area contributed by atoms with Crippen LogP contribution < -0.4 is 4.90 Å². The Morgan fingerprint density at radius 2 is 0.571 bits per heavy atom. The molecule has 12 rings (SSSR count).